The summed E-state index contributed by atoms with van der Waals surface area (Å²) in [5.74, 6) is -0.249. The predicted octanol–water partition coefficient (Wildman–Crippen LogP) is 0.223. The summed E-state index contributed by atoms with van der Waals surface area (Å²) in [6.45, 7) is 3.75. The normalized spacial score (nSPS) is 14.3. The molecule has 5 nitrogen and oxygen atoms in total. The molecule has 1 amide bonds. The Kier molecular flexibility index (Phi) is 4.17. The molecule has 0 aliphatic heterocycles. The van der Waals surface area contributed by atoms with Gasteiger partial charge in [0.2, 0.25) is 0 Å². The van der Waals surface area contributed by atoms with Crippen LogP contribution in [0.1, 0.15) is 24.3 Å². The number of carbonyl (C=O) groups is 1. The van der Waals surface area contributed by atoms with Crippen LogP contribution < -0.4 is 5.32 Å². The van der Waals surface area contributed by atoms with E-state index in [2.05, 4.69) is 15.3 Å². The van der Waals surface area contributed by atoms with E-state index in [1.54, 1.807) is 0 Å². The third kappa shape index (κ3) is 3.28. The van der Waals surface area contributed by atoms with Crippen molar-refractivity contribution in [1.82, 2.24) is 15.3 Å². The molecule has 0 aromatic carbocycles. The van der Waals surface area contributed by atoms with E-state index in [1.165, 1.54) is 18.6 Å². The van der Waals surface area contributed by atoms with Gasteiger partial charge in [-0.2, -0.15) is 0 Å². The maximum atomic E-state index is 11.6. The van der Waals surface area contributed by atoms with Crippen LogP contribution in [0.15, 0.2) is 18.6 Å². The molecule has 0 aliphatic rings. The third-order valence-corrected chi connectivity index (χ3v) is 2.30. The van der Waals surface area contributed by atoms with Crippen molar-refractivity contribution in [2.24, 2.45) is 5.92 Å². The summed E-state index contributed by atoms with van der Waals surface area (Å²) in [5.41, 5.74) is 0.287. The van der Waals surface area contributed by atoms with Crippen LogP contribution in [0.3, 0.4) is 0 Å². The van der Waals surface area contributed by atoms with Crippen LogP contribution in [-0.4, -0.2) is 33.6 Å². The lowest BCUT2D eigenvalue weighted by Gasteiger charge is -2.18. The zero-order chi connectivity index (χ0) is 11.3. The third-order valence-electron chi connectivity index (χ3n) is 2.30. The van der Waals surface area contributed by atoms with Crippen LogP contribution in [0.4, 0.5) is 0 Å². The Balaban J connectivity index is 2.57. The van der Waals surface area contributed by atoms with Crippen molar-refractivity contribution in [3.8, 4) is 0 Å². The number of aliphatic hydroxyl groups excluding tert-OH is 1. The Labute approximate surface area is 88.6 Å². The molecule has 0 spiro atoms. The monoisotopic (exact) mass is 209 g/mol. The van der Waals surface area contributed by atoms with E-state index in [-0.39, 0.29) is 30.2 Å². The number of carbonyl (C=O) groups excluding carboxylic acids is 1. The molecule has 0 saturated heterocycles. The predicted molar refractivity (Wildman–Crippen MR) is 55.2 cm³/mol. The summed E-state index contributed by atoms with van der Waals surface area (Å²) in [6, 6.07) is -0.0930. The van der Waals surface area contributed by atoms with Gasteiger partial charge in [0, 0.05) is 25.0 Å². The van der Waals surface area contributed by atoms with Crippen molar-refractivity contribution >= 4 is 5.91 Å². The van der Waals surface area contributed by atoms with E-state index in [9.17, 15) is 4.79 Å². The van der Waals surface area contributed by atoms with Crippen molar-refractivity contribution in [2.75, 3.05) is 6.61 Å². The molecular formula is C10H15N3O2. The van der Waals surface area contributed by atoms with Gasteiger partial charge in [-0.25, -0.2) is 4.98 Å². The number of aromatic nitrogens is 2. The summed E-state index contributed by atoms with van der Waals surface area (Å²) >= 11 is 0. The second-order valence-electron chi connectivity index (χ2n) is 3.51. The summed E-state index contributed by atoms with van der Waals surface area (Å²) < 4.78 is 0. The van der Waals surface area contributed by atoms with Crippen LogP contribution in [0.25, 0.3) is 0 Å². The lowest BCUT2D eigenvalue weighted by Crippen LogP contribution is -2.38. The van der Waals surface area contributed by atoms with E-state index < -0.39 is 0 Å². The Hall–Kier alpha value is -1.49. The average molecular weight is 209 g/mol. The van der Waals surface area contributed by atoms with Crippen molar-refractivity contribution in [3.05, 3.63) is 24.3 Å². The molecule has 0 radical (unpaired) electrons. The highest BCUT2D eigenvalue weighted by Gasteiger charge is 2.15. The maximum absolute atomic E-state index is 11.6. The van der Waals surface area contributed by atoms with Gasteiger partial charge in [-0.15, -0.1) is 0 Å². The molecule has 2 N–H and O–H groups in total. The summed E-state index contributed by atoms with van der Waals surface area (Å²) in [4.78, 5) is 19.3. The molecule has 15 heavy (non-hydrogen) atoms. The Morgan fingerprint density at radius 3 is 2.80 bits per heavy atom. The number of amides is 1. The largest absolute Gasteiger partial charge is 0.396 e. The van der Waals surface area contributed by atoms with Gasteiger partial charge >= 0.3 is 0 Å². The number of rotatable bonds is 4. The van der Waals surface area contributed by atoms with Gasteiger partial charge in [-0.3, -0.25) is 9.78 Å². The molecule has 2 atom stereocenters. The van der Waals surface area contributed by atoms with E-state index in [1.807, 2.05) is 13.8 Å². The lowest BCUT2D eigenvalue weighted by atomic mass is 10.1. The van der Waals surface area contributed by atoms with Crippen molar-refractivity contribution < 1.29 is 9.90 Å². The molecule has 0 bridgehead atoms. The molecule has 1 heterocycles. The van der Waals surface area contributed by atoms with Crippen LogP contribution in [-0.2, 0) is 0 Å². The van der Waals surface area contributed by atoms with Gasteiger partial charge in [0.1, 0.15) is 5.69 Å². The van der Waals surface area contributed by atoms with Gasteiger partial charge in [-0.05, 0) is 12.8 Å². The molecule has 5 heteroatoms. The number of hydrogen-bond donors (Lipinski definition) is 2. The van der Waals surface area contributed by atoms with Crippen LogP contribution in [0, 0.1) is 5.92 Å². The quantitative estimate of drug-likeness (QED) is 0.744. The van der Waals surface area contributed by atoms with Crippen molar-refractivity contribution in [1.29, 1.82) is 0 Å². The lowest BCUT2D eigenvalue weighted by molar-refractivity contribution is 0.0911. The first kappa shape index (κ1) is 11.6. The standard InChI is InChI=1S/C10H15N3O2/c1-7(6-14)8(2)13-10(15)9-5-11-3-4-12-9/h3-5,7-8,14H,6H2,1-2H3,(H,13,15). The Bertz CT molecular complexity index is 316. The smallest absolute Gasteiger partial charge is 0.271 e. The molecule has 1 aromatic rings. The van der Waals surface area contributed by atoms with Gasteiger partial charge in [0.05, 0.1) is 6.20 Å². The molecule has 0 saturated carbocycles. The minimum absolute atomic E-state index is 0.0191. The zero-order valence-electron chi connectivity index (χ0n) is 8.84. The summed E-state index contributed by atoms with van der Waals surface area (Å²) in [5, 5.41) is 11.7. The molecular weight excluding hydrogens is 194 g/mol. The highest BCUT2D eigenvalue weighted by atomic mass is 16.3. The highest BCUT2D eigenvalue weighted by Crippen LogP contribution is 2.01. The fourth-order valence-corrected chi connectivity index (χ4v) is 0.997. The second-order valence-corrected chi connectivity index (χ2v) is 3.51. The van der Waals surface area contributed by atoms with Gasteiger partial charge < -0.3 is 10.4 Å². The van der Waals surface area contributed by atoms with E-state index in [4.69, 9.17) is 5.11 Å². The first-order chi connectivity index (χ1) is 7.15. The van der Waals surface area contributed by atoms with Crippen molar-refractivity contribution in [3.63, 3.8) is 0 Å². The van der Waals surface area contributed by atoms with Crippen molar-refractivity contribution in [2.45, 2.75) is 19.9 Å². The van der Waals surface area contributed by atoms with E-state index in [0.29, 0.717) is 0 Å². The summed E-state index contributed by atoms with van der Waals surface area (Å²) in [7, 11) is 0. The highest BCUT2D eigenvalue weighted by molar-refractivity contribution is 5.92. The molecule has 2 unspecified atom stereocenters. The Morgan fingerprint density at radius 1 is 1.53 bits per heavy atom. The van der Waals surface area contributed by atoms with E-state index in [0.717, 1.165) is 0 Å². The average Bonchev–Trinajstić information content (AvgIpc) is 2.29. The van der Waals surface area contributed by atoms with Crippen LogP contribution in [0.5, 0.6) is 0 Å². The fourth-order valence-electron chi connectivity index (χ4n) is 0.997. The molecule has 82 valence electrons. The fraction of sp³-hybridized carbons (Fsp3) is 0.500. The minimum atomic E-state index is -0.268. The Morgan fingerprint density at radius 2 is 2.27 bits per heavy atom. The van der Waals surface area contributed by atoms with Crippen LogP contribution in [0.2, 0.25) is 0 Å². The second kappa shape index (κ2) is 5.41. The molecule has 1 rings (SSSR count). The topological polar surface area (TPSA) is 75.1 Å². The van der Waals surface area contributed by atoms with Gasteiger partial charge in [0.25, 0.3) is 5.91 Å². The maximum Gasteiger partial charge on any atom is 0.271 e. The minimum Gasteiger partial charge on any atom is -0.396 e. The van der Waals surface area contributed by atoms with Gasteiger partial charge in [-0.1, -0.05) is 6.92 Å². The number of nitrogens with one attached hydrogen (secondary N) is 1. The first-order valence-electron chi connectivity index (χ1n) is 4.83. The number of nitrogens with zero attached hydrogens (tertiary/aromatic N) is 2. The van der Waals surface area contributed by atoms with Gasteiger partial charge in [0.15, 0.2) is 0 Å². The molecule has 1 aromatic heterocycles. The SMILES string of the molecule is CC(CO)C(C)NC(=O)c1cnccn1. The van der Waals surface area contributed by atoms with E-state index >= 15 is 0 Å². The number of hydrogen-bond acceptors (Lipinski definition) is 4. The molecule has 0 aliphatic carbocycles. The zero-order valence-corrected chi connectivity index (χ0v) is 8.84. The number of aliphatic hydroxyl groups is 1. The van der Waals surface area contributed by atoms with Crippen LogP contribution >= 0.6 is 0 Å². The summed E-state index contributed by atoms with van der Waals surface area (Å²) in [6.07, 6.45) is 4.39. The molecule has 0 fully saturated rings. The first-order valence-corrected chi connectivity index (χ1v) is 4.83.